The molecule has 2 heterocycles. The van der Waals surface area contributed by atoms with Crippen molar-refractivity contribution < 1.29 is 27.1 Å². The van der Waals surface area contributed by atoms with Gasteiger partial charge in [-0.25, -0.2) is 8.78 Å². The van der Waals surface area contributed by atoms with Crippen LogP contribution in [0.5, 0.6) is 5.75 Å². The summed E-state index contributed by atoms with van der Waals surface area (Å²) < 4.78 is 59.0. The zero-order valence-electron chi connectivity index (χ0n) is 18.7. The lowest BCUT2D eigenvalue weighted by Gasteiger charge is -2.59. The zero-order chi connectivity index (χ0) is 24.2. The monoisotopic (exact) mass is 473 g/mol. The Balaban J connectivity index is 1.28. The first-order valence-corrected chi connectivity index (χ1v) is 11.0. The molecule has 1 aliphatic carbocycles. The predicted octanol–water partition coefficient (Wildman–Crippen LogP) is 5.52. The first-order chi connectivity index (χ1) is 16.1. The van der Waals surface area contributed by atoms with Crippen LogP contribution in [-0.2, 0) is 0 Å². The second-order valence-electron chi connectivity index (χ2n) is 9.32. The van der Waals surface area contributed by atoms with Crippen molar-refractivity contribution >= 4 is 5.91 Å². The smallest absolute Gasteiger partial charge is 0.387 e. The van der Waals surface area contributed by atoms with Crippen LogP contribution in [0.25, 0.3) is 11.3 Å². The fourth-order valence-electron chi connectivity index (χ4n) is 5.18. The molecular formula is C25H23F4N3O2. The number of alkyl halides is 2. The summed E-state index contributed by atoms with van der Waals surface area (Å²) in [5, 5.41) is 4.64. The van der Waals surface area contributed by atoms with Gasteiger partial charge in [0.2, 0.25) is 0 Å². The SMILES string of the molecule is Cc1cc(-c2cc(F)ccc2C)n(C2CC3(C2)CN(C(=O)c2ccc(F)cc2OC(F)F)C3)n1. The molecule has 1 aliphatic heterocycles. The highest BCUT2D eigenvalue weighted by atomic mass is 19.3. The number of aromatic nitrogens is 2. The second-order valence-corrected chi connectivity index (χ2v) is 9.32. The van der Waals surface area contributed by atoms with Gasteiger partial charge < -0.3 is 9.64 Å². The number of likely N-dealkylation sites (tertiary alicyclic amines) is 1. The minimum absolute atomic E-state index is 0.0712. The van der Waals surface area contributed by atoms with Crippen molar-refractivity contribution in [1.82, 2.24) is 14.7 Å². The number of carbonyl (C=O) groups is 1. The Hall–Kier alpha value is -3.36. The van der Waals surface area contributed by atoms with Crippen LogP contribution in [0.15, 0.2) is 42.5 Å². The summed E-state index contributed by atoms with van der Waals surface area (Å²) >= 11 is 0. The van der Waals surface area contributed by atoms with Crippen LogP contribution in [0.2, 0.25) is 0 Å². The van der Waals surface area contributed by atoms with Crippen LogP contribution >= 0.6 is 0 Å². The lowest BCUT2D eigenvalue weighted by molar-refractivity contribution is -0.0744. The minimum Gasteiger partial charge on any atom is -0.434 e. The molecule has 0 bridgehead atoms. The normalized spacial score (nSPS) is 17.1. The Morgan fingerprint density at radius 1 is 1.06 bits per heavy atom. The lowest BCUT2D eigenvalue weighted by Crippen LogP contribution is -2.63. The average Bonchev–Trinajstić information content (AvgIpc) is 3.08. The van der Waals surface area contributed by atoms with Gasteiger partial charge in [-0.05, 0) is 62.6 Å². The van der Waals surface area contributed by atoms with E-state index in [-0.39, 0.29) is 22.8 Å². The summed E-state index contributed by atoms with van der Waals surface area (Å²) in [4.78, 5) is 14.4. The van der Waals surface area contributed by atoms with E-state index in [1.807, 2.05) is 24.6 Å². The Morgan fingerprint density at radius 2 is 1.74 bits per heavy atom. The number of nitrogens with zero attached hydrogens (tertiary/aromatic N) is 3. The molecule has 1 saturated carbocycles. The summed E-state index contributed by atoms with van der Waals surface area (Å²) in [6.45, 7) is 1.62. The average molecular weight is 473 g/mol. The molecule has 0 radical (unpaired) electrons. The maximum absolute atomic E-state index is 13.9. The molecule has 5 nitrogen and oxygen atoms in total. The van der Waals surface area contributed by atoms with Gasteiger partial charge in [0.05, 0.1) is 23.0 Å². The maximum Gasteiger partial charge on any atom is 0.387 e. The summed E-state index contributed by atoms with van der Waals surface area (Å²) in [5.41, 5.74) is 3.31. The quantitative estimate of drug-likeness (QED) is 0.458. The fraction of sp³-hybridized carbons (Fsp3) is 0.360. The Kier molecular flexibility index (Phi) is 5.37. The molecule has 9 heteroatoms. The molecule has 1 amide bonds. The van der Waals surface area contributed by atoms with Gasteiger partial charge in [-0.3, -0.25) is 9.48 Å². The number of halogens is 4. The number of carbonyl (C=O) groups excluding carboxylic acids is 1. The number of aryl methyl sites for hydroxylation is 2. The highest BCUT2D eigenvalue weighted by Crippen LogP contribution is 2.55. The Labute approximate surface area is 193 Å². The van der Waals surface area contributed by atoms with Gasteiger partial charge in [0.1, 0.15) is 17.4 Å². The summed E-state index contributed by atoms with van der Waals surface area (Å²) in [6, 6.07) is 9.78. The van der Waals surface area contributed by atoms with Gasteiger partial charge in [0.25, 0.3) is 5.91 Å². The van der Waals surface area contributed by atoms with Gasteiger partial charge in [-0.1, -0.05) is 6.07 Å². The van der Waals surface area contributed by atoms with Gasteiger partial charge in [-0.15, -0.1) is 0 Å². The molecule has 2 aliphatic rings. The molecular weight excluding hydrogens is 450 g/mol. The van der Waals surface area contributed by atoms with E-state index in [1.165, 1.54) is 18.2 Å². The van der Waals surface area contributed by atoms with E-state index in [0.29, 0.717) is 13.1 Å². The van der Waals surface area contributed by atoms with E-state index < -0.39 is 24.1 Å². The first-order valence-electron chi connectivity index (χ1n) is 11.0. The van der Waals surface area contributed by atoms with Crippen LogP contribution in [0.3, 0.4) is 0 Å². The van der Waals surface area contributed by atoms with E-state index in [1.54, 1.807) is 11.0 Å². The zero-order valence-corrected chi connectivity index (χ0v) is 18.7. The molecule has 2 fully saturated rings. The van der Waals surface area contributed by atoms with Crippen LogP contribution in [-0.4, -0.2) is 40.3 Å². The molecule has 0 atom stereocenters. The molecule has 2 aromatic carbocycles. The van der Waals surface area contributed by atoms with Crippen LogP contribution in [0.4, 0.5) is 17.6 Å². The number of ether oxygens (including phenoxy) is 1. The Morgan fingerprint density at radius 3 is 2.44 bits per heavy atom. The molecule has 0 unspecified atom stereocenters. The van der Waals surface area contributed by atoms with Gasteiger partial charge in [-0.2, -0.15) is 13.9 Å². The molecule has 5 rings (SSSR count). The number of rotatable bonds is 5. The summed E-state index contributed by atoms with van der Waals surface area (Å²) in [6.07, 6.45) is 1.59. The van der Waals surface area contributed by atoms with Gasteiger partial charge in [0, 0.05) is 30.1 Å². The van der Waals surface area contributed by atoms with E-state index >= 15 is 0 Å². The molecule has 1 spiro atoms. The van der Waals surface area contributed by atoms with Crippen molar-refractivity contribution in [3.05, 3.63) is 70.9 Å². The van der Waals surface area contributed by atoms with Crippen LogP contribution in [0.1, 0.15) is 40.5 Å². The third-order valence-electron chi connectivity index (χ3n) is 6.75. The van der Waals surface area contributed by atoms with E-state index in [2.05, 4.69) is 9.84 Å². The molecule has 34 heavy (non-hydrogen) atoms. The summed E-state index contributed by atoms with van der Waals surface area (Å²) in [5.74, 6) is -1.99. The molecule has 178 valence electrons. The van der Waals surface area contributed by atoms with Crippen LogP contribution < -0.4 is 4.74 Å². The highest BCUT2D eigenvalue weighted by molar-refractivity contribution is 5.97. The third-order valence-corrected chi connectivity index (χ3v) is 6.75. The lowest BCUT2D eigenvalue weighted by atomic mass is 9.60. The second kappa shape index (κ2) is 8.14. The number of benzene rings is 2. The molecule has 3 aromatic rings. The number of hydrogen-bond donors (Lipinski definition) is 0. The standard InChI is InChI=1S/C25H23F4N3O2/c1-14-3-4-16(26)8-20(14)21-7-15(2)30-32(21)18-10-25(11-18)12-31(13-25)23(33)19-6-5-17(27)9-22(19)34-24(28)29/h3-9,18,24H,10-13H2,1-2H3. The topological polar surface area (TPSA) is 47.4 Å². The van der Waals surface area contributed by atoms with Crippen molar-refractivity contribution in [2.45, 2.75) is 39.3 Å². The number of hydrogen-bond acceptors (Lipinski definition) is 3. The van der Waals surface area contributed by atoms with Crippen molar-refractivity contribution in [2.24, 2.45) is 5.41 Å². The Bertz CT molecular complexity index is 1260. The summed E-state index contributed by atoms with van der Waals surface area (Å²) in [7, 11) is 0. The number of amides is 1. The van der Waals surface area contributed by atoms with E-state index in [9.17, 15) is 22.4 Å². The van der Waals surface area contributed by atoms with Crippen LogP contribution in [0, 0.1) is 30.9 Å². The van der Waals surface area contributed by atoms with Gasteiger partial charge >= 0.3 is 6.61 Å². The molecule has 0 N–H and O–H groups in total. The predicted molar refractivity (Wildman–Crippen MR) is 117 cm³/mol. The van der Waals surface area contributed by atoms with Gasteiger partial charge in [0.15, 0.2) is 0 Å². The molecule has 1 aromatic heterocycles. The molecule has 1 saturated heterocycles. The minimum atomic E-state index is -3.16. The largest absolute Gasteiger partial charge is 0.434 e. The van der Waals surface area contributed by atoms with Crippen molar-refractivity contribution in [3.63, 3.8) is 0 Å². The van der Waals surface area contributed by atoms with Crippen molar-refractivity contribution in [2.75, 3.05) is 13.1 Å². The first kappa shape index (κ1) is 22.4. The maximum atomic E-state index is 13.9. The van der Waals surface area contributed by atoms with Crippen molar-refractivity contribution in [1.29, 1.82) is 0 Å². The van der Waals surface area contributed by atoms with E-state index in [4.69, 9.17) is 0 Å². The fourth-order valence-corrected chi connectivity index (χ4v) is 5.18. The van der Waals surface area contributed by atoms with Crippen molar-refractivity contribution in [3.8, 4) is 17.0 Å². The van der Waals surface area contributed by atoms with E-state index in [0.717, 1.165) is 47.5 Å². The third kappa shape index (κ3) is 3.93. The highest BCUT2D eigenvalue weighted by Gasteiger charge is 2.55.